The van der Waals surface area contributed by atoms with Crippen LogP contribution >= 0.6 is 0 Å². The average molecular weight is 804 g/mol. The van der Waals surface area contributed by atoms with Crippen molar-refractivity contribution in [2.75, 3.05) is 0 Å². The predicted octanol–water partition coefficient (Wildman–Crippen LogP) is 15.8. The third kappa shape index (κ3) is 5.66. The van der Waals surface area contributed by atoms with Crippen LogP contribution in [0.2, 0.25) is 0 Å². The van der Waals surface area contributed by atoms with Crippen LogP contribution in [0.15, 0.2) is 229 Å². The van der Waals surface area contributed by atoms with Crippen LogP contribution in [0.4, 0.5) is 0 Å². The van der Waals surface area contributed by atoms with Gasteiger partial charge in [0.1, 0.15) is 5.58 Å². The van der Waals surface area contributed by atoms with Crippen molar-refractivity contribution < 1.29 is 4.42 Å². The van der Waals surface area contributed by atoms with Crippen LogP contribution in [0.1, 0.15) is 0 Å². The fourth-order valence-corrected chi connectivity index (χ4v) is 9.77. The van der Waals surface area contributed by atoms with Crippen LogP contribution in [-0.4, -0.2) is 14.1 Å². The minimum Gasteiger partial charge on any atom is -0.454 e. The van der Waals surface area contributed by atoms with Crippen LogP contribution in [0, 0.1) is 0 Å². The Bertz CT molecular complexity index is 3890. The summed E-state index contributed by atoms with van der Waals surface area (Å²) in [5, 5.41) is 7.05. The molecule has 4 aromatic heterocycles. The quantitative estimate of drug-likeness (QED) is 0.168. The molecule has 13 rings (SSSR count). The number of rotatable bonds is 6. The first-order valence-electron chi connectivity index (χ1n) is 21.4. The lowest BCUT2D eigenvalue weighted by Crippen LogP contribution is -1.97. The van der Waals surface area contributed by atoms with Crippen molar-refractivity contribution >= 4 is 65.6 Å². The normalized spacial score (nSPS) is 11.8. The number of furan rings is 1. The Balaban J connectivity index is 1.01. The van der Waals surface area contributed by atoms with Crippen molar-refractivity contribution in [1.29, 1.82) is 0 Å². The number of benzene rings is 9. The fraction of sp³-hybridized carbons (Fsp3) is 0. The molecule has 0 N–H and O–H groups in total. The van der Waals surface area contributed by atoms with Crippen LogP contribution < -0.4 is 0 Å². The summed E-state index contributed by atoms with van der Waals surface area (Å²) in [6.07, 6.45) is 0. The Hall–Kier alpha value is -8.47. The largest absolute Gasteiger partial charge is 0.454 e. The van der Waals surface area contributed by atoms with Gasteiger partial charge < -0.3 is 13.6 Å². The minimum absolute atomic E-state index is 0.881. The van der Waals surface area contributed by atoms with E-state index in [4.69, 9.17) is 9.40 Å². The first-order valence-corrected chi connectivity index (χ1v) is 21.4. The molecule has 63 heavy (non-hydrogen) atoms. The number of hydrogen-bond acceptors (Lipinski definition) is 2. The van der Waals surface area contributed by atoms with Crippen LogP contribution in [-0.2, 0) is 0 Å². The molecule has 0 saturated carbocycles. The summed E-state index contributed by atoms with van der Waals surface area (Å²) in [5.74, 6) is 0. The van der Waals surface area contributed by atoms with E-state index >= 15 is 0 Å². The summed E-state index contributed by atoms with van der Waals surface area (Å²) >= 11 is 0. The van der Waals surface area contributed by atoms with Crippen molar-refractivity contribution in [3.8, 4) is 56.1 Å². The number of nitrogens with zero attached hydrogens (tertiary/aromatic N) is 3. The predicted molar refractivity (Wildman–Crippen MR) is 262 cm³/mol. The van der Waals surface area contributed by atoms with Crippen molar-refractivity contribution in [3.63, 3.8) is 0 Å². The zero-order valence-electron chi connectivity index (χ0n) is 34.1. The van der Waals surface area contributed by atoms with E-state index in [0.717, 1.165) is 89.0 Å². The molecule has 0 spiro atoms. The van der Waals surface area contributed by atoms with Gasteiger partial charge >= 0.3 is 0 Å². The van der Waals surface area contributed by atoms with Crippen molar-refractivity contribution in [3.05, 3.63) is 224 Å². The van der Waals surface area contributed by atoms with E-state index in [2.05, 4.69) is 228 Å². The van der Waals surface area contributed by atoms with Gasteiger partial charge in [-0.25, -0.2) is 4.98 Å². The lowest BCUT2D eigenvalue weighted by Gasteiger charge is -2.13. The lowest BCUT2D eigenvalue weighted by molar-refractivity contribution is 0.666. The molecular weight excluding hydrogens is 767 g/mol. The van der Waals surface area contributed by atoms with Crippen molar-refractivity contribution in [2.24, 2.45) is 0 Å². The molecule has 4 nitrogen and oxygen atoms in total. The summed E-state index contributed by atoms with van der Waals surface area (Å²) in [7, 11) is 0. The zero-order chi connectivity index (χ0) is 41.4. The number of fused-ring (bicyclic) bond motifs is 9. The SMILES string of the molecule is c1ccc(-c2ccc(-c3cc(-c4ccccc4)cc(-c4cccc(-n5c6ccccc6c6cc7c8ccccc8n(-c8cccc9c8oc8ccccc89)c7cc65)c4)n3)cc2)cc1. The maximum Gasteiger partial charge on any atom is 0.159 e. The molecular formula is C59H37N3O. The summed E-state index contributed by atoms with van der Waals surface area (Å²) in [4.78, 5) is 5.38. The maximum absolute atomic E-state index is 6.65. The Morgan fingerprint density at radius 1 is 0.302 bits per heavy atom. The van der Waals surface area contributed by atoms with Gasteiger partial charge in [0.25, 0.3) is 0 Å². The molecule has 0 bridgehead atoms. The highest BCUT2D eigenvalue weighted by molar-refractivity contribution is 6.20. The molecule has 294 valence electrons. The zero-order valence-corrected chi connectivity index (χ0v) is 34.1. The number of aromatic nitrogens is 3. The Labute approximate surface area is 363 Å². The number of hydrogen-bond donors (Lipinski definition) is 0. The fourth-order valence-electron chi connectivity index (χ4n) is 9.77. The molecule has 0 unspecified atom stereocenters. The standard InChI is InChI=1S/C59H37N3O/c1-3-15-38(16-4-1)40-29-31-41(32-30-40)51-34-43(39-17-5-2-6-18-39)35-52(60-51)42-19-13-20-44(33-42)61-53-25-10-7-21-45(53)49-36-50-46-22-8-11-26-54(46)62(57(50)37-56(49)61)55-27-14-24-48-47-23-9-12-28-58(47)63-59(48)55/h1-37H. The van der Waals surface area contributed by atoms with Crippen molar-refractivity contribution in [1.82, 2.24) is 14.1 Å². The first kappa shape index (κ1) is 35.3. The van der Waals surface area contributed by atoms with Gasteiger partial charge in [-0.15, -0.1) is 0 Å². The summed E-state index contributed by atoms with van der Waals surface area (Å²) in [6.45, 7) is 0. The van der Waals surface area contributed by atoms with Gasteiger partial charge in [0.2, 0.25) is 0 Å². The second-order valence-electron chi connectivity index (χ2n) is 16.3. The van der Waals surface area contributed by atoms with E-state index in [1.807, 2.05) is 6.07 Å². The van der Waals surface area contributed by atoms with Gasteiger partial charge in [0, 0.05) is 49.1 Å². The Kier molecular flexibility index (Phi) is 7.87. The highest BCUT2D eigenvalue weighted by Gasteiger charge is 2.21. The summed E-state index contributed by atoms with van der Waals surface area (Å²) in [6, 6.07) is 80.2. The average Bonchev–Trinajstić information content (AvgIpc) is 4.01. The molecule has 0 aliphatic heterocycles. The van der Waals surface area contributed by atoms with Gasteiger partial charge in [-0.3, -0.25) is 0 Å². The van der Waals surface area contributed by atoms with E-state index in [9.17, 15) is 0 Å². The van der Waals surface area contributed by atoms with Gasteiger partial charge in [-0.2, -0.15) is 0 Å². The second-order valence-corrected chi connectivity index (χ2v) is 16.3. The van der Waals surface area contributed by atoms with E-state index in [-0.39, 0.29) is 0 Å². The number of pyridine rings is 1. The first-order chi connectivity index (χ1) is 31.2. The van der Waals surface area contributed by atoms with Crippen molar-refractivity contribution in [2.45, 2.75) is 0 Å². The second kappa shape index (κ2) is 14.1. The molecule has 0 amide bonds. The molecule has 13 aromatic rings. The van der Waals surface area contributed by atoms with E-state index in [1.54, 1.807) is 0 Å². The molecule has 4 heterocycles. The highest BCUT2D eigenvalue weighted by Crippen LogP contribution is 2.42. The molecule has 0 radical (unpaired) electrons. The molecule has 0 aliphatic rings. The molecule has 0 atom stereocenters. The molecule has 0 saturated heterocycles. The van der Waals surface area contributed by atoms with Gasteiger partial charge in [0.15, 0.2) is 5.58 Å². The summed E-state index contributed by atoms with van der Waals surface area (Å²) in [5.41, 5.74) is 17.0. The van der Waals surface area contributed by atoms with Gasteiger partial charge in [-0.1, -0.05) is 164 Å². The molecule has 0 aliphatic carbocycles. The smallest absolute Gasteiger partial charge is 0.159 e. The third-order valence-corrected chi connectivity index (χ3v) is 12.7. The summed E-state index contributed by atoms with van der Waals surface area (Å²) < 4.78 is 11.5. The Morgan fingerprint density at radius 2 is 0.825 bits per heavy atom. The van der Waals surface area contributed by atoms with E-state index < -0.39 is 0 Å². The molecule has 4 heteroatoms. The lowest BCUT2D eigenvalue weighted by atomic mass is 9.98. The van der Waals surface area contributed by atoms with Gasteiger partial charge in [0.05, 0.1) is 39.1 Å². The Morgan fingerprint density at radius 3 is 1.56 bits per heavy atom. The topological polar surface area (TPSA) is 35.9 Å². The third-order valence-electron chi connectivity index (χ3n) is 12.7. The van der Waals surface area contributed by atoms with E-state index in [1.165, 1.54) is 32.7 Å². The monoisotopic (exact) mass is 803 g/mol. The molecule has 0 fully saturated rings. The molecule has 9 aromatic carbocycles. The van der Waals surface area contributed by atoms with Crippen LogP contribution in [0.3, 0.4) is 0 Å². The van der Waals surface area contributed by atoms with Gasteiger partial charge in [-0.05, 0) is 82.9 Å². The minimum atomic E-state index is 0.881. The van der Waals surface area contributed by atoms with E-state index in [0.29, 0.717) is 0 Å². The number of para-hydroxylation sites is 4. The van der Waals surface area contributed by atoms with Crippen LogP contribution in [0.5, 0.6) is 0 Å². The highest BCUT2D eigenvalue weighted by atomic mass is 16.3. The van der Waals surface area contributed by atoms with Crippen LogP contribution in [0.25, 0.3) is 122 Å². The maximum atomic E-state index is 6.65.